The predicted octanol–water partition coefficient (Wildman–Crippen LogP) is 3.58. The molecule has 3 heterocycles. The standard InChI is InChI=1S/C22H17F2N7O/c1-4-32-22-29-20-27-17(15-7-5-13(23)9-11(15)2)25-19-26-18(28-21(30-22)31(19)20)16-8-6-14(24)10-12(16)3/h5-10H,4H2,1-3H3. The Morgan fingerprint density at radius 2 is 1.22 bits per heavy atom. The zero-order valence-corrected chi connectivity index (χ0v) is 17.5. The molecule has 0 aromatic heterocycles. The van der Waals surface area contributed by atoms with Crippen LogP contribution in [0.15, 0.2) is 66.4 Å². The second-order valence-electron chi connectivity index (χ2n) is 7.19. The molecule has 0 N–H and O–H groups in total. The summed E-state index contributed by atoms with van der Waals surface area (Å²) in [5.41, 5.74) is 2.61. The van der Waals surface area contributed by atoms with Gasteiger partial charge in [-0.15, -0.1) is 0 Å². The van der Waals surface area contributed by atoms with Crippen LogP contribution in [0, 0.1) is 25.5 Å². The van der Waals surface area contributed by atoms with Gasteiger partial charge >= 0.3 is 6.02 Å². The lowest BCUT2D eigenvalue weighted by Crippen LogP contribution is -2.48. The molecule has 0 fully saturated rings. The van der Waals surface area contributed by atoms with Gasteiger partial charge in [0.1, 0.15) is 11.6 Å². The van der Waals surface area contributed by atoms with Crippen LogP contribution in [0.5, 0.6) is 0 Å². The van der Waals surface area contributed by atoms with Crippen molar-refractivity contribution < 1.29 is 13.5 Å². The summed E-state index contributed by atoms with van der Waals surface area (Å²) in [6.45, 7) is 5.72. The lowest BCUT2D eigenvalue weighted by molar-refractivity contribution is 0.321. The van der Waals surface area contributed by atoms with E-state index in [1.54, 1.807) is 26.0 Å². The average molecular weight is 433 g/mol. The van der Waals surface area contributed by atoms with Crippen LogP contribution in [0.25, 0.3) is 0 Å². The van der Waals surface area contributed by atoms with E-state index in [-0.39, 0.29) is 35.5 Å². The Morgan fingerprint density at radius 1 is 0.719 bits per heavy atom. The van der Waals surface area contributed by atoms with Crippen LogP contribution in [0.1, 0.15) is 29.2 Å². The monoisotopic (exact) mass is 433 g/mol. The Balaban J connectivity index is 1.69. The highest BCUT2D eigenvalue weighted by Gasteiger charge is 2.36. The van der Waals surface area contributed by atoms with Crippen LogP contribution >= 0.6 is 0 Å². The molecule has 2 aromatic carbocycles. The number of aliphatic imine (C=N–C) groups is 6. The molecule has 0 atom stereocenters. The molecular weight excluding hydrogens is 416 g/mol. The third kappa shape index (κ3) is 3.39. The van der Waals surface area contributed by atoms with Gasteiger partial charge in [0.05, 0.1) is 6.61 Å². The smallest absolute Gasteiger partial charge is 0.323 e. The lowest BCUT2D eigenvalue weighted by Gasteiger charge is -2.30. The molecular formula is C22H17F2N7O. The van der Waals surface area contributed by atoms with Gasteiger partial charge in [-0.05, 0) is 68.3 Å². The molecule has 0 saturated carbocycles. The average Bonchev–Trinajstić information content (AvgIpc) is 2.73. The first kappa shape index (κ1) is 19.9. The van der Waals surface area contributed by atoms with E-state index in [9.17, 15) is 8.78 Å². The Morgan fingerprint density at radius 3 is 1.72 bits per heavy atom. The largest absolute Gasteiger partial charge is 0.464 e. The minimum atomic E-state index is -0.350. The van der Waals surface area contributed by atoms with Crippen molar-refractivity contribution in [2.24, 2.45) is 30.0 Å². The summed E-state index contributed by atoms with van der Waals surface area (Å²) in [6.07, 6.45) is 0. The lowest BCUT2D eigenvalue weighted by atomic mass is 10.1. The summed E-state index contributed by atoms with van der Waals surface area (Å²) in [7, 11) is 0. The summed E-state index contributed by atoms with van der Waals surface area (Å²) < 4.78 is 32.7. The van der Waals surface area contributed by atoms with Crippen LogP contribution in [0.4, 0.5) is 8.78 Å². The molecule has 8 nitrogen and oxygen atoms in total. The molecule has 160 valence electrons. The van der Waals surface area contributed by atoms with Crippen molar-refractivity contribution in [2.75, 3.05) is 6.61 Å². The number of hydrogen-bond acceptors (Lipinski definition) is 8. The fourth-order valence-electron chi connectivity index (χ4n) is 3.46. The minimum absolute atomic E-state index is 0.106. The van der Waals surface area contributed by atoms with Crippen LogP contribution < -0.4 is 0 Å². The maximum absolute atomic E-state index is 13.6. The van der Waals surface area contributed by atoms with Gasteiger partial charge in [0, 0.05) is 11.1 Å². The zero-order valence-electron chi connectivity index (χ0n) is 17.5. The van der Waals surface area contributed by atoms with Crippen LogP contribution in [0.3, 0.4) is 0 Å². The molecule has 2 aromatic rings. The van der Waals surface area contributed by atoms with E-state index in [0.29, 0.717) is 40.5 Å². The number of guanidine groups is 3. The Hall–Kier alpha value is -4.08. The van der Waals surface area contributed by atoms with Gasteiger partial charge in [0.25, 0.3) is 0 Å². The van der Waals surface area contributed by atoms with Gasteiger partial charge < -0.3 is 4.74 Å². The molecule has 0 saturated heterocycles. The van der Waals surface area contributed by atoms with Crippen molar-refractivity contribution in [1.29, 1.82) is 0 Å². The van der Waals surface area contributed by atoms with Crippen molar-refractivity contribution in [3.05, 3.63) is 70.3 Å². The summed E-state index contributed by atoms with van der Waals surface area (Å²) in [6, 6.07) is 8.83. The van der Waals surface area contributed by atoms with Gasteiger partial charge in [0.2, 0.25) is 17.9 Å². The van der Waals surface area contributed by atoms with Gasteiger partial charge in [0.15, 0.2) is 11.7 Å². The number of benzene rings is 2. The summed E-state index contributed by atoms with van der Waals surface area (Å²) in [5.74, 6) is 0.680. The minimum Gasteiger partial charge on any atom is -0.464 e. The van der Waals surface area contributed by atoms with Crippen LogP contribution in [0.2, 0.25) is 0 Å². The highest BCUT2D eigenvalue weighted by Crippen LogP contribution is 2.23. The molecule has 0 amide bonds. The Kier molecular flexibility index (Phi) is 4.69. The number of rotatable bonds is 3. The molecule has 0 radical (unpaired) electrons. The second-order valence-corrected chi connectivity index (χ2v) is 7.19. The SMILES string of the molecule is CCOC1=NC2=NC(c3ccc(F)cc3C)=NC3=NC(c4ccc(F)cc4C)=NC(=N1)N23. The number of amidine groups is 3. The van der Waals surface area contributed by atoms with Crippen molar-refractivity contribution in [1.82, 2.24) is 4.90 Å². The Bertz CT molecular complexity index is 1290. The van der Waals surface area contributed by atoms with Gasteiger partial charge in [-0.25, -0.2) is 13.7 Å². The maximum atomic E-state index is 13.6. The first-order valence-corrected chi connectivity index (χ1v) is 9.91. The summed E-state index contributed by atoms with van der Waals surface area (Å²) >= 11 is 0. The van der Waals surface area contributed by atoms with E-state index in [0.717, 1.165) is 0 Å². The van der Waals surface area contributed by atoms with E-state index in [4.69, 9.17) is 4.74 Å². The number of halogens is 2. The third-order valence-electron chi connectivity index (χ3n) is 4.95. The molecule has 10 heteroatoms. The van der Waals surface area contributed by atoms with Crippen LogP contribution in [-0.4, -0.2) is 47.1 Å². The van der Waals surface area contributed by atoms with E-state index >= 15 is 0 Å². The highest BCUT2D eigenvalue weighted by molar-refractivity contribution is 6.32. The molecule has 5 rings (SSSR count). The van der Waals surface area contributed by atoms with Crippen molar-refractivity contribution in [3.8, 4) is 0 Å². The first-order chi connectivity index (χ1) is 15.4. The van der Waals surface area contributed by atoms with Crippen molar-refractivity contribution in [3.63, 3.8) is 0 Å². The highest BCUT2D eigenvalue weighted by atomic mass is 19.1. The maximum Gasteiger partial charge on any atom is 0.323 e. The molecule has 0 bridgehead atoms. The predicted molar refractivity (Wildman–Crippen MR) is 119 cm³/mol. The molecule has 0 spiro atoms. The quantitative estimate of drug-likeness (QED) is 0.741. The van der Waals surface area contributed by atoms with Gasteiger partial charge in [-0.1, -0.05) is 0 Å². The van der Waals surface area contributed by atoms with Crippen molar-refractivity contribution in [2.45, 2.75) is 20.8 Å². The van der Waals surface area contributed by atoms with E-state index in [1.165, 1.54) is 29.2 Å². The zero-order chi connectivity index (χ0) is 22.4. The molecule has 0 aliphatic carbocycles. The normalized spacial score (nSPS) is 16.8. The number of nitrogens with zero attached hydrogens (tertiary/aromatic N) is 7. The summed E-state index contributed by atoms with van der Waals surface area (Å²) in [5, 5.41) is 0. The molecule has 0 unspecified atom stereocenters. The number of hydrogen-bond donors (Lipinski definition) is 0. The molecule has 3 aliphatic rings. The van der Waals surface area contributed by atoms with E-state index < -0.39 is 0 Å². The fraction of sp³-hybridized carbons (Fsp3) is 0.182. The van der Waals surface area contributed by atoms with Gasteiger partial charge in [-0.2, -0.15) is 30.0 Å². The van der Waals surface area contributed by atoms with E-state index in [1.807, 2.05) is 6.92 Å². The molecule has 32 heavy (non-hydrogen) atoms. The molecule has 3 aliphatic heterocycles. The third-order valence-corrected chi connectivity index (χ3v) is 4.95. The topological polar surface area (TPSA) is 86.6 Å². The van der Waals surface area contributed by atoms with Crippen LogP contribution in [-0.2, 0) is 4.74 Å². The first-order valence-electron chi connectivity index (χ1n) is 9.91. The second kappa shape index (κ2) is 7.56. The number of aryl methyl sites for hydroxylation is 2. The van der Waals surface area contributed by atoms with Crippen molar-refractivity contribution >= 4 is 35.6 Å². The van der Waals surface area contributed by atoms with E-state index in [2.05, 4.69) is 30.0 Å². The fourth-order valence-corrected chi connectivity index (χ4v) is 3.46. The summed E-state index contributed by atoms with van der Waals surface area (Å²) in [4.78, 5) is 28.4. The number of ether oxygens (including phenoxy) is 1. The Labute approximate surface area is 182 Å². The van der Waals surface area contributed by atoms with Gasteiger partial charge in [-0.3, -0.25) is 0 Å².